The summed E-state index contributed by atoms with van der Waals surface area (Å²) in [6.07, 6.45) is 5.93. The number of rotatable bonds is 3. The molecule has 0 heterocycles. The number of halogens is 1. The molecular formula is C15H20FNO2. The standard InChI is InChI=1S/C15H20FNO2/c1-10(11-5-3-2-4-6-11)17-15(19)13-8-7-12(18)9-14(13)16/h7-11,18H,2-6H2,1H3,(H,17,19). The van der Waals surface area contributed by atoms with Gasteiger partial charge in [-0.2, -0.15) is 0 Å². The summed E-state index contributed by atoms with van der Waals surface area (Å²) in [7, 11) is 0. The molecule has 1 fully saturated rings. The van der Waals surface area contributed by atoms with Crippen LogP contribution in [0.15, 0.2) is 18.2 Å². The largest absolute Gasteiger partial charge is 0.508 e. The van der Waals surface area contributed by atoms with Crippen LogP contribution in [0.25, 0.3) is 0 Å². The lowest BCUT2D eigenvalue weighted by Crippen LogP contribution is -2.39. The lowest BCUT2D eigenvalue weighted by atomic mass is 9.84. The van der Waals surface area contributed by atoms with Crippen LogP contribution in [0.1, 0.15) is 49.4 Å². The van der Waals surface area contributed by atoms with Gasteiger partial charge in [0.05, 0.1) is 5.56 Å². The van der Waals surface area contributed by atoms with Crippen molar-refractivity contribution in [1.82, 2.24) is 5.32 Å². The van der Waals surface area contributed by atoms with Gasteiger partial charge < -0.3 is 10.4 Å². The smallest absolute Gasteiger partial charge is 0.254 e. The second-order valence-electron chi connectivity index (χ2n) is 5.32. The summed E-state index contributed by atoms with van der Waals surface area (Å²) in [6.45, 7) is 1.98. The molecule has 0 radical (unpaired) electrons. The van der Waals surface area contributed by atoms with Crippen molar-refractivity contribution < 1.29 is 14.3 Å². The third-order valence-electron chi connectivity index (χ3n) is 3.91. The molecule has 1 aliphatic carbocycles. The average Bonchev–Trinajstić information content (AvgIpc) is 2.39. The first kappa shape index (κ1) is 13.8. The SMILES string of the molecule is CC(NC(=O)c1ccc(O)cc1F)C1CCCCC1. The summed E-state index contributed by atoms with van der Waals surface area (Å²) >= 11 is 0. The summed E-state index contributed by atoms with van der Waals surface area (Å²) in [5, 5.41) is 12.0. The molecule has 1 aliphatic rings. The van der Waals surface area contributed by atoms with E-state index < -0.39 is 11.7 Å². The predicted octanol–water partition coefficient (Wildman–Crippen LogP) is 3.23. The number of amides is 1. The first-order valence-electron chi connectivity index (χ1n) is 6.87. The van der Waals surface area contributed by atoms with Crippen LogP contribution in [0.3, 0.4) is 0 Å². The van der Waals surface area contributed by atoms with Gasteiger partial charge in [0.25, 0.3) is 5.91 Å². The lowest BCUT2D eigenvalue weighted by Gasteiger charge is -2.28. The second-order valence-corrected chi connectivity index (χ2v) is 5.32. The van der Waals surface area contributed by atoms with Crippen LogP contribution in [0.5, 0.6) is 5.75 Å². The molecule has 104 valence electrons. The van der Waals surface area contributed by atoms with Gasteiger partial charge in [-0.1, -0.05) is 19.3 Å². The van der Waals surface area contributed by atoms with E-state index in [9.17, 15) is 9.18 Å². The summed E-state index contributed by atoms with van der Waals surface area (Å²) in [5.74, 6) is -0.781. The molecule has 19 heavy (non-hydrogen) atoms. The molecule has 0 aromatic heterocycles. The number of phenols is 1. The Morgan fingerprint density at radius 1 is 1.37 bits per heavy atom. The molecule has 1 amide bonds. The zero-order valence-corrected chi connectivity index (χ0v) is 11.2. The molecule has 0 bridgehead atoms. The molecule has 2 rings (SSSR count). The lowest BCUT2D eigenvalue weighted by molar-refractivity contribution is 0.0915. The van der Waals surface area contributed by atoms with Gasteiger partial charge in [0.15, 0.2) is 0 Å². The normalized spacial score (nSPS) is 18.0. The molecule has 0 spiro atoms. The van der Waals surface area contributed by atoms with E-state index >= 15 is 0 Å². The van der Waals surface area contributed by atoms with E-state index in [0.29, 0.717) is 5.92 Å². The number of hydrogen-bond acceptors (Lipinski definition) is 2. The Hall–Kier alpha value is -1.58. The highest BCUT2D eigenvalue weighted by Crippen LogP contribution is 2.26. The minimum Gasteiger partial charge on any atom is -0.508 e. The molecule has 2 N–H and O–H groups in total. The fourth-order valence-corrected chi connectivity index (χ4v) is 2.72. The van der Waals surface area contributed by atoms with E-state index in [1.54, 1.807) is 0 Å². The number of carbonyl (C=O) groups excluding carboxylic acids is 1. The van der Waals surface area contributed by atoms with Crippen LogP contribution < -0.4 is 5.32 Å². The number of aromatic hydroxyl groups is 1. The topological polar surface area (TPSA) is 49.3 Å². The minimum absolute atomic E-state index is 0.0135. The summed E-state index contributed by atoms with van der Waals surface area (Å²) in [4.78, 5) is 12.0. The Morgan fingerprint density at radius 2 is 2.05 bits per heavy atom. The van der Waals surface area contributed by atoms with E-state index in [1.165, 1.54) is 31.4 Å². The van der Waals surface area contributed by atoms with Crippen LogP contribution >= 0.6 is 0 Å². The van der Waals surface area contributed by atoms with Gasteiger partial charge in [0, 0.05) is 12.1 Å². The van der Waals surface area contributed by atoms with Gasteiger partial charge in [0.1, 0.15) is 11.6 Å². The van der Waals surface area contributed by atoms with Crippen LogP contribution in [0.2, 0.25) is 0 Å². The molecule has 1 atom stereocenters. The zero-order valence-electron chi connectivity index (χ0n) is 11.2. The van der Waals surface area contributed by atoms with Crippen molar-refractivity contribution in [2.45, 2.75) is 45.1 Å². The Morgan fingerprint density at radius 3 is 2.68 bits per heavy atom. The van der Waals surface area contributed by atoms with Gasteiger partial charge >= 0.3 is 0 Å². The molecule has 1 unspecified atom stereocenters. The molecule has 0 saturated heterocycles. The number of benzene rings is 1. The van der Waals surface area contributed by atoms with Gasteiger partial charge in [0.2, 0.25) is 0 Å². The van der Waals surface area contributed by atoms with Crippen molar-refractivity contribution in [3.63, 3.8) is 0 Å². The highest BCUT2D eigenvalue weighted by atomic mass is 19.1. The monoisotopic (exact) mass is 265 g/mol. The fourth-order valence-electron chi connectivity index (χ4n) is 2.72. The number of phenolic OH excluding ortho intramolecular Hbond substituents is 1. The van der Waals surface area contributed by atoms with Gasteiger partial charge in [-0.3, -0.25) is 4.79 Å². The Balaban J connectivity index is 1.99. The summed E-state index contributed by atoms with van der Waals surface area (Å²) in [5.41, 5.74) is -0.0135. The van der Waals surface area contributed by atoms with Gasteiger partial charge in [-0.15, -0.1) is 0 Å². The Bertz CT molecular complexity index is 455. The summed E-state index contributed by atoms with van der Waals surface area (Å²) < 4.78 is 13.6. The first-order chi connectivity index (χ1) is 9.08. The molecule has 1 saturated carbocycles. The van der Waals surface area contributed by atoms with E-state index in [4.69, 9.17) is 5.11 Å². The van der Waals surface area contributed by atoms with Gasteiger partial charge in [-0.05, 0) is 37.8 Å². The van der Waals surface area contributed by atoms with Crippen molar-refractivity contribution in [1.29, 1.82) is 0 Å². The fraction of sp³-hybridized carbons (Fsp3) is 0.533. The second kappa shape index (κ2) is 6.04. The van der Waals surface area contributed by atoms with E-state index in [1.807, 2.05) is 6.92 Å². The van der Waals surface area contributed by atoms with Crippen molar-refractivity contribution in [3.8, 4) is 5.75 Å². The van der Waals surface area contributed by atoms with Crippen LogP contribution in [-0.2, 0) is 0 Å². The summed E-state index contributed by atoms with van der Waals surface area (Å²) in [6, 6.07) is 3.65. The number of nitrogens with one attached hydrogen (secondary N) is 1. The maximum Gasteiger partial charge on any atom is 0.254 e. The van der Waals surface area contributed by atoms with E-state index in [0.717, 1.165) is 18.9 Å². The van der Waals surface area contributed by atoms with Crippen LogP contribution in [-0.4, -0.2) is 17.1 Å². The number of carbonyl (C=O) groups is 1. The van der Waals surface area contributed by atoms with Gasteiger partial charge in [-0.25, -0.2) is 4.39 Å². The predicted molar refractivity (Wildman–Crippen MR) is 71.6 cm³/mol. The van der Waals surface area contributed by atoms with Crippen LogP contribution in [0.4, 0.5) is 4.39 Å². The molecule has 0 aliphatic heterocycles. The van der Waals surface area contributed by atoms with E-state index in [-0.39, 0.29) is 17.4 Å². The average molecular weight is 265 g/mol. The zero-order chi connectivity index (χ0) is 13.8. The van der Waals surface area contributed by atoms with E-state index in [2.05, 4.69) is 5.32 Å². The third kappa shape index (κ3) is 3.46. The molecule has 1 aromatic rings. The van der Waals surface area contributed by atoms with Crippen molar-refractivity contribution >= 4 is 5.91 Å². The maximum absolute atomic E-state index is 13.6. The molecule has 1 aromatic carbocycles. The Kier molecular flexibility index (Phi) is 4.40. The minimum atomic E-state index is -0.687. The molecule has 4 heteroatoms. The maximum atomic E-state index is 13.6. The third-order valence-corrected chi connectivity index (χ3v) is 3.91. The quantitative estimate of drug-likeness (QED) is 0.881. The Labute approximate surface area is 112 Å². The molecule has 3 nitrogen and oxygen atoms in total. The number of hydrogen-bond donors (Lipinski definition) is 2. The van der Waals surface area contributed by atoms with Crippen LogP contribution in [0, 0.1) is 11.7 Å². The molecular weight excluding hydrogens is 245 g/mol. The highest BCUT2D eigenvalue weighted by Gasteiger charge is 2.22. The van der Waals surface area contributed by atoms with Crippen molar-refractivity contribution in [3.05, 3.63) is 29.6 Å². The first-order valence-corrected chi connectivity index (χ1v) is 6.87. The van der Waals surface area contributed by atoms with Crippen molar-refractivity contribution in [2.75, 3.05) is 0 Å². The highest BCUT2D eigenvalue weighted by molar-refractivity contribution is 5.94. The van der Waals surface area contributed by atoms with Crippen molar-refractivity contribution in [2.24, 2.45) is 5.92 Å².